The van der Waals surface area contributed by atoms with E-state index in [0.717, 1.165) is 11.8 Å². The maximum absolute atomic E-state index is 10.7. The number of aromatic nitrogens is 1. The predicted octanol–water partition coefficient (Wildman–Crippen LogP) is 3.34. The van der Waals surface area contributed by atoms with Crippen LogP contribution in [-0.2, 0) is 0 Å². The van der Waals surface area contributed by atoms with Crippen LogP contribution in [0.3, 0.4) is 0 Å². The molecule has 4 rings (SSSR count). The van der Waals surface area contributed by atoms with E-state index in [1.54, 1.807) is 6.07 Å². The topological polar surface area (TPSA) is 81.2 Å². The summed E-state index contributed by atoms with van der Waals surface area (Å²) in [6.45, 7) is 0. The van der Waals surface area contributed by atoms with Gasteiger partial charge in [0.15, 0.2) is 5.58 Å². The Morgan fingerprint density at radius 3 is 2.95 bits per heavy atom. The summed E-state index contributed by atoms with van der Waals surface area (Å²) in [6, 6.07) is 5.42. The van der Waals surface area contributed by atoms with E-state index in [0.29, 0.717) is 23.2 Å². The first-order valence-electron chi connectivity index (χ1n) is 7.00. The lowest BCUT2D eigenvalue weighted by Gasteiger charge is -2.21. The molecule has 2 fully saturated rings. The molecule has 2 bridgehead atoms. The van der Waals surface area contributed by atoms with Crippen LogP contribution in [0, 0.1) is 22.0 Å². The van der Waals surface area contributed by atoms with E-state index in [2.05, 4.69) is 10.3 Å². The number of nitro benzene ring substituents is 1. The minimum Gasteiger partial charge on any atom is -0.424 e. The van der Waals surface area contributed by atoms with E-state index < -0.39 is 4.92 Å². The van der Waals surface area contributed by atoms with E-state index in [4.69, 9.17) is 4.42 Å². The van der Waals surface area contributed by atoms with Crippen LogP contribution in [0.2, 0.25) is 0 Å². The molecule has 2 aromatic rings. The van der Waals surface area contributed by atoms with Gasteiger partial charge in [0.1, 0.15) is 5.52 Å². The first-order valence-corrected chi connectivity index (χ1v) is 7.00. The van der Waals surface area contributed by atoms with Crippen molar-refractivity contribution in [3.63, 3.8) is 0 Å². The Hall–Kier alpha value is -2.11. The molecule has 6 heteroatoms. The van der Waals surface area contributed by atoms with Gasteiger partial charge in [-0.1, -0.05) is 6.42 Å². The van der Waals surface area contributed by atoms with Gasteiger partial charge in [-0.3, -0.25) is 10.1 Å². The maximum Gasteiger partial charge on any atom is 0.295 e. The molecule has 1 aromatic heterocycles. The lowest BCUT2D eigenvalue weighted by molar-refractivity contribution is -0.384. The van der Waals surface area contributed by atoms with Crippen LogP contribution in [0.1, 0.15) is 25.7 Å². The van der Waals surface area contributed by atoms with Gasteiger partial charge in [-0.25, -0.2) is 0 Å². The summed E-state index contributed by atoms with van der Waals surface area (Å²) in [5.41, 5.74) is 1.16. The van der Waals surface area contributed by atoms with Gasteiger partial charge in [0, 0.05) is 18.2 Å². The summed E-state index contributed by atoms with van der Waals surface area (Å²) >= 11 is 0. The third kappa shape index (κ3) is 1.83. The van der Waals surface area contributed by atoms with Crippen molar-refractivity contribution in [3.8, 4) is 0 Å². The molecule has 2 saturated carbocycles. The van der Waals surface area contributed by atoms with E-state index in [1.807, 2.05) is 0 Å². The molecular formula is C14H15N3O3. The zero-order valence-corrected chi connectivity index (χ0v) is 10.9. The Labute approximate surface area is 115 Å². The average Bonchev–Trinajstić information content (AvgIpc) is 3.11. The molecule has 1 aromatic carbocycles. The number of nitrogens with one attached hydrogen (secondary N) is 1. The number of hydrogen-bond acceptors (Lipinski definition) is 5. The standard InChI is InChI=1S/C14H15N3O3/c18-17(19)10-3-4-13-12(7-10)16-14(20-13)15-11-6-8-1-2-9(11)5-8/h3-4,7-9,11H,1-2,5-6H2,(H,15,16). The summed E-state index contributed by atoms with van der Waals surface area (Å²) in [5.74, 6) is 1.58. The Balaban J connectivity index is 1.59. The number of fused-ring (bicyclic) bond motifs is 3. The fourth-order valence-electron chi connectivity index (χ4n) is 3.67. The molecule has 0 spiro atoms. The number of hydrogen-bond donors (Lipinski definition) is 1. The van der Waals surface area contributed by atoms with Crippen molar-refractivity contribution in [3.05, 3.63) is 28.3 Å². The first-order chi connectivity index (χ1) is 9.69. The Bertz CT molecular complexity index is 681. The highest BCUT2D eigenvalue weighted by Crippen LogP contribution is 2.45. The molecule has 1 heterocycles. The Kier molecular flexibility index (Phi) is 2.45. The number of nitrogens with zero attached hydrogens (tertiary/aromatic N) is 2. The minimum absolute atomic E-state index is 0.0391. The number of oxazole rings is 1. The SMILES string of the molecule is O=[N+]([O-])c1ccc2oc(NC3CC4CCC3C4)nc2c1. The van der Waals surface area contributed by atoms with Crippen LogP contribution in [0.15, 0.2) is 22.6 Å². The molecule has 1 N–H and O–H groups in total. The van der Waals surface area contributed by atoms with Gasteiger partial charge < -0.3 is 9.73 Å². The highest BCUT2D eigenvalue weighted by Gasteiger charge is 2.40. The van der Waals surface area contributed by atoms with Crippen LogP contribution in [-0.4, -0.2) is 15.9 Å². The molecular weight excluding hydrogens is 258 g/mol. The van der Waals surface area contributed by atoms with E-state index in [1.165, 1.54) is 37.8 Å². The molecule has 0 saturated heterocycles. The van der Waals surface area contributed by atoms with Gasteiger partial charge in [-0.2, -0.15) is 4.98 Å². The summed E-state index contributed by atoms with van der Waals surface area (Å²) in [7, 11) is 0. The summed E-state index contributed by atoms with van der Waals surface area (Å²) in [4.78, 5) is 14.6. The van der Waals surface area contributed by atoms with Crippen molar-refractivity contribution in [2.45, 2.75) is 31.7 Å². The second-order valence-electron chi connectivity index (χ2n) is 5.85. The van der Waals surface area contributed by atoms with Gasteiger partial charge in [0.2, 0.25) is 0 Å². The van der Waals surface area contributed by atoms with Crippen molar-refractivity contribution >= 4 is 22.8 Å². The normalized spacial score (nSPS) is 28.1. The van der Waals surface area contributed by atoms with Crippen molar-refractivity contribution in [1.82, 2.24) is 4.98 Å². The largest absolute Gasteiger partial charge is 0.424 e. The lowest BCUT2D eigenvalue weighted by atomic mass is 9.96. The summed E-state index contributed by atoms with van der Waals surface area (Å²) < 4.78 is 5.63. The Morgan fingerprint density at radius 1 is 1.35 bits per heavy atom. The number of anilines is 1. The van der Waals surface area contributed by atoms with Crippen LogP contribution < -0.4 is 5.32 Å². The lowest BCUT2D eigenvalue weighted by Crippen LogP contribution is -2.25. The summed E-state index contributed by atoms with van der Waals surface area (Å²) in [6.07, 6.45) is 5.13. The predicted molar refractivity (Wildman–Crippen MR) is 73.5 cm³/mol. The van der Waals surface area contributed by atoms with Crippen molar-refractivity contribution < 1.29 is 9.34 Å². The molecule has 2 aliphatic carbocycles. The van der Waals surface area contributed by atoms with Crippen LogP contribution in [0.25, 0.3) is 11.1 Å². The third-order valence-corrected chi connectivity index (χ3v) is 4.63. The van der Waals surface area contributed by atoms with Crippen LogP contribution in [0.5, 0.6) is 0 Å². The van der Waals surface area contributed by atoms with Crippen LogP contribution in [0.4, 0.5) is 11.7 Å². The number of nitro groups is 1. The molecule has 0 aliphatic heterocycles. The quantitative estimate of drug-likeness (QED) is 0.685. The zero-order valence-electron chi connectivity index (χ0n) is 10.9. The van der Waals surface area contributed by atoms with Gasteiger partial charge in [-0.05, 0) is 37.2 Å². The highest BCUT2D eigenvalue weighted by atomic mass is 16.6. The fourth-order valence-corrected chi connectivity index (χ4v) is 3.67. The van der Waals surface area contributed by atoms with E-state index >= 15 is 0 Å². The molecule has 20 heavy (non-hydrogen) atoms. The van der Waals surface area contributed by atoms with Crippen molar-refractivity contribution in [1.29, 1.82) is 0 Å². The smallest absolute Gasteiger partial charge is 0.295 e. The monoisotopic (exact) mass is 273 g/mol. The average molecular weight is 273 g/mol. The second kappa shape index (κ2) is 4.19. The minimum atomic E-state index is -0.419. The van der Waals surface area contributed by atoms with Crippen molar-refractivity contribution in [2.75, 3.05) is 5.32 Å². The zero-order chi connectivity index (χ0) is 13.7. The van der Waals surface area contributed by atoms with Gasteiger partial charge in [0.05, 0.1) is 4.92 Å². The molecule has 0 radical (unpaired) electrons. The third-order valence-electron chi connectivity index (χ3n) is 4.63. The summed E-state index contributed by atoms with van der Waals surface area (Å²) in [5, 5.41) is 14.1. The molecule has 104 valence electrons. The van der Waals surface area contributed by atoms with E-state index in [9.17, 15) is 10.1 Å². The number of rotatable bonds is 3. The highest BCUT2D eigenvalue weighted by molar-refractivity contribution is 5.77. The molecule has 2 aliphatic rings. The molecule has 3 atom stereocenters. The molecule has 6 nitrogen and oxygen atoms in total. The Morgan fingerprint density at radius 2 is 2.25 bits per heavy atom. The van der Waals surface area contributed by atoms with Crippen LogP contribution >= 0.6 is 0 Å². The second-order valence-corrected chi connectivity index (χ2v) is 5.85. The van der Waals surface area contributed by atoms with E-state index in [-0.39, 0.29) is 5.69 Å². The fraction of sp³-hybridized carbons (Fsp3) is 0.500. The number of benzene rings is 1. The first kappa shape index (κ1) is 11.7. The number of non-ortho nitro benzene ring substituents is 1. The maximum atomic E-state index is 10.7. The molecule has 3 unspecified atom stereocenters. The van der Waals surface area contributed by atoms with Gasteiger partial charge in [-0.15, -0.1) is 0 Å². The molecule has 0 amide bonds. The van der Waals surface area contributed by atoms with Gasteiger partial charge >= 0.3 is 0 Å². The van der Waals surface area contributed by atoms with Crippen molar-refractivity contribution in [2.24, 2.45) is 11.8 Å². The van der Waals surface area contributed by atoms with Gasteiger partial charge in [0.25, 0.3) is 11.7 Å².